The van der Waals surface area contributed by atoms with E-state index in [2.05, 4.69) is 16.0 Å². The maximum atomic E-state index is 12.1. The predicted molar refractivity (Wildman–Crippen MR) is 93.8 cm³/mol. The molecule has 3 N–H and O–H groups in total. The number of aryl methyl sites for hydroxylation is 1. The van der Waals surface area contributed by atoms with Crippen molar-refractivity contribution in [3.8, 4) is 11.5 Å². The minimum absolute atomic E-state index is 0.248. The van der Waals surface area contributed by atoms with E-state index in [1.165, 1.54) is 7.11 Å². The lowest BCUT2D eigenvalue weighted by Gasteiger charge is -2.24. The van der Waals surface area contributed by atoms with E-state index in [1.807, 2.05) is 27.7 Å². The topological polar surface area (TPSA) is 88.7 Å². The van der Waals surface area contributed by atoms with Crippen LogP contribution in [0, 0.1) is 6.92 Å². The number of hydrogen-bond acceptors (Lipinski definition) is 4. The maximum Gasteiger partial charge on any atom is 0.319 e. The Morgan fingerprint density at radius 1 is 1.08 bits per heavy atom. The molecule has 1 rings (SSSR count). The average Bonchev–Trinajstić information content (AvgIpc) is 2.46. The Labute approximate surface area is 143 Å². The summed E-state index contributed by atoms with van der Waals surface area (Å²) in [4.78, 5) is 24.1. The number of ether oxygens (including phenoxy) is 2. The Bertz CT molecular complexity index is 609. The van der Waals surface area contributed by atoms with Crippen molar-refractivity contribution in [1.29, 1.82) is 0 Å². The highest BCUT2D eigenvalue weighted by atomic mass is 16.5. The molecular formula is C17H27N3O4. The van der Waals surface area contributed by atoms with Gasteiger partial charge in [0.25, 0.3) is 0 Å². The Morgan fingerprint density at radius 2 is 1.62 bits per heavy atom. The summed E-state index contributed by atoms with van der Waals surface area (Å²) in [5, 5.41) is 8.14. The zero-order valence-electron chi connectivity index (χ0n) is 15.4. The second-order valence-corrected chi connectivity index (χ2v) is 6.58. The van der Waals surface area contributed by atoms with Crippen LogP contribution in [0.25, 0.3) is 0 Å². The number of methoxy groups -OCH3 is 2. The summed E-state index contributed by atoms with van der Waals surface area (Å²) in [6, 6.07) is 2.31. The van der Waals surface area contributed by atoms with Crippen LogP contribution in [0.3, 0.4) is 0 Å². The molecular weight excluding hydrogens is 310 g/mol. The van der Waals surface area contributed by atoms with Gasteiger partial charge in [0.1, 0.15) is 6.04 Å². The van der Waals surface area contributed by atoms with Crippen LogP contribution in [0.1, 0.15) is 33.3 Å². The number of benzene rings is 1. The molecule has 0 bridgehead atoms. The molecule has 3 amide bonds. The third-order valence-electron chi connectivity index (χ3n) is 3.22. The molecule has 7 heteroatoms. The molecule has 1 aromatic rings. The number of rotatable bonds is 5. The first-order chi connectivity index (χ1) is 11.1. The summed E-state index contributed by atoms with van der Waals surface area (Å²) in [6.45, 7) is 9.11. The van der Waals surface area contributed by atoms with E-state index in [0.29, 0.717) is 17.2 Å². The quantitative estimate of drug-likeness (QED) is 0.770. The molecule has 0 aliphatic rings. The zero-order chi connectivity index (χ0) is 18.5. The van der Waals surface area contributed by atoms with E-state index in [1.54, 1.807) is 26.2 Å². The number of hydrogen-bond donors (Lipinski definition) is 3. The first-order valence-electron chi connectivity index (χ1n) is 7.69. The Balaban J connectivity index is 2.76. The fraction of sp³-hybridized carbons (Fsp3) is 0.529. The molecule has 0 saturated carbocycles. The number of carbonyl (C=O) groups excluding carboxylic acids is 2. The standard InChI is InChI=1S/C17H27N3O4/c1-10-8-13(23-6)14(24-7)9-12(10)19-16(22)18-11(2)15(21)20-17(3,4)5/h8-9,11H,1-7H3,(H,20,21)(H2,18,19,22)/t11-/m0/s1. The highest BCUT2D eigenvalue weighted by Gasteiger charge is 2.21. The molecule has 0 saturated heterocycles. The molecule has 7 nitrogen and oxygen atoms in total. The highest BCUT2D eigenvalue weighted by Crippen LogP contribution is 2.32. The summed E-state index contributed by atoms with van der Waals surface area (Å²) in [7, 11) is 3.07. The number of urea groups is 1. The minimum atomic E-state index is -0.662. The summed E-state index contributed by atoms with van der Waals surface area (Å²) >= 11 is 0. The molecule has 1 atom stereocenters. The molecule has 0 aliphatic carbocycles. The van der Waals surface area contributed by atoms with Crippen molar-refractivity contribution in [2.45, 2.75) is 46.2 Å². The Morgan fingerprint density at radius 3 is 2.12 bits per heavy atom. The summed E-state index contributed by atoms with van der Waals surface area (Å²) in [6.07, 6.45) is 0. The van der Waals surface area contributed by atoms with Crippen molar-refractivity contribution in [3.05, 3.63) is 17.7 Å². The first kappa shape index (κ1) is 19.6. The lowest BCUT2D eigenvalue weighted by molar-refractivity contribution is -0.123. The SMILES string of the molecule is COc1cc(C)c(NC(=O)N[C@@H](C)C(=O)NC(C)(C)C)cc1OC. The maximum absolute atomic E-state index is 12.1. The van der Waals surface area contributed by atoms with Crippen molar-refractivity contribution >= 4 is 17.6 Å². The first-order valence-corrected chi connectivity index (χ1v) is 7.69. The van der Waals surface area contributed by atoms with Crippen LogP contribution >= 0.6 is 0 Å². The van der Waals surface area contributed by atoms with Crippen LogP contribution in [-0.4, -0.2) is 37.7 Å². The van der Waals surface area contributed by atoms with Crippen molar-refractivity contribution in [3.63, 3.8) is 0 Å². The second-order valence-electron chi connectivity index (χ2n) is 6.58. The highest BCUT2D eigenvalue weighted by molar-refractivity contribution is 5.94. The van der Waals surface area contributed by atoms with Gasteiger partial charge in [0.15, 0.2) is 11.5 Å². The largest absolute Gasteiger partial charge is 0.493 e. The smallest absolute Gasteiger partial charge is 0.319 e. The monoisotopic (exact) mass is 337 g/mol. The second kappa shape index (κ2) is 7.90. The van der Waals surface area contributed by atoms with Gasteiger partial charge in [-0.25, -0.2) is 4.79 Å². The van der Waals surface area contributed by atoms with Crippen molar-refractivity contribution in [2.24, 2.45) is 0 Å². The number of amides is 3. The van der Waals surface area contributed by atoms with Crippen molar-refractivity contribution in [1.82, 2.24) is 10.6 Å². The molecule has 0 aromatic heterocycles. The molecule has 0 unspecified atom stereocenters. The van der Waals surface area contributed by atoms with E-state index in [4.69, 9.17) is 9.47 Å². The Hall–Kier alpha value is -2.44. The van der Waals surface area contributed by atoms with Gasteiger partial charge in [-0.3, -0.25) is 4.79 Å². The normalized spacial score (nSPS) is 12.1. The number of carbonyl (C=O) groups is 2. The molecule has 1 aromatic carbocycles. The molecule has 24 heavy (non-hydrogen) atoms. The van der Waals surface area contributed by atoms with Crippen LogP contribution in [0.2, 0.25) is 0 Å². The molecule has 0 aliphatic heterocycles. The fourth-order valence-corrected chi connectivity index (χ4v) is 2.01. The van der Waals surface area contributed by atoms with Gasteiger partial charge in [-0.15, -0.1) is 0 Å². The van der Waals surface area contributed by atoms with Crippen LogP contribution in [0.5, 0.6) is 11.5 Å². The van der Waals surface area contributed by atoms with Crippen LogP contribution < -0.4 is 25.4 Å². The van der Waals surface area contributed by atoms with Gasteiger partial charge < -0.3 is 25.4 Å². The number of nitrogens with one attached hydrogen (secondary N) is 3. The van der Waals surface area contributed by atoms with Crippen LogP contribution in [-0.2, 0) is 4.79 Å². The Kier molecular flexibility index (Phi) is 6.45. The van der Waals surface area contributed by atoms with Gasteiger partial charge in [-0.05, 0) is 46.2 Å². The molecule has 0 heterocycles. The van der Waals surface area contributed by atoms with Gasteiger partial charge in [0, 0.05) is 17.3 Å². The van der Waals surface area contributed by atoms with Gasteiger partial charge >= 0.3 is 6.03 Å². The van der Waals surface area contributed by atoms with Gasteiger partial charge in [-0.1, -0.05) is 0 Å². The minimum Gasteiger partial charge on any atom is -0.493 e. The van der Waals surface area contributed by atoms with E-state index < -0.39 is 12.1 Å². The predicted octanol–water partition coefficient (Wildman–Crippen LogP) is 2.44. The van der Waals surface area contributed by atoms with Crippen LogP contribution in [0.15, 0.2) is 12.1 Å². The molecule has 0 radical (unpaired) electrons. The van der Waals surface area contributed by atoms with E-state index in [-0.39, 0.29) is 11.4 Å². The number of anilines is 1. The third kappa shape index (κ3) is 5.64. The van der Waals surface area contributed by atoms with E-state index in [9.17, 15) is 9.59 Å². The van der Waals surface area contributed by atoms with E-state index in [0.717, 1.165) is 5.56 Å². The lowest BCUT2D eigenvalue weighted by Crippen LogP contribution is -2.51. The summed E-state index contributed by atoms with van der Waals surface area (Å²) in [5.74, 6) is 0.845. The zero-order valence-corrected chi connectivity index (χ0v) is 15.4. The summed E-state index contributed by atoms with van der Waals surface area (Å²) in [5.41, 5.74) is 1.03. The molecule has 0 spiro atoms. The van der Waals surface area contributed by atoms with Gasteiger partial charge in [-0.2, -0.15) is 0 Å². The molecule has 0 fully saturated rings. The third-order valence-corrected chi connectivity index (χ3v) is 3.22. The van der Waals surface area contributed by atoms with Gasteiger partial charge in [0.05, 0.1) is 14.2 Å². The van der Waals surface area contributed by atoms with Crippen molar-refractivity contribution in [2.75, 3.05) is 19.5 Å². The summed E-state index contributed by atoms with van der Waals surface area (Å²) < 4.78 is 10.4. The van der Waals surface area contributed by atoms with Gasteiger partial charge in [0.2, 0.25) is 5.91 Å². The van der Waals surface area contributed by atoms with Crippen LogP contribution in [0.4, 0.5) is 10.5 Å². The van der Waals surface area contributed by atoms with Crippen molar-refractivity contribution < 1.29 is 19.1 Å². The average molecular weight is 337 g/mol. The lowest BCUT2D eigenvalue weighted by atomic mass is 10.1. The van der Waals surface area contributed by atoms with E-state index >= 15 is 0 Å². The molecule has 134 valence electrons. The fourth-order valence-electron chi connectivity index (χ4n) is 2.01.